The number of nitrogens with zero attached hydrogens (tertiary/aromatic N) is 2. The Hall–Kier alpha value is -5.54. The first-order valence-corrected chi connectivity index (χ1v) is 14.3. The second-order valence-corrected chi connectivity index (χ2v) is 12.7. The summed E-state index contributed by atoms with van der Waals surface area (Å²) in [6, 6.07) is 4.56. The first-order chi connectivity index (χ1) is 22.0. The third-order valence-corrected chi connectivity index (χ3v) is 8.43. The molecule has 246 valence electrons. The molecule has 0 saturated carbocycles. The zero-order chi connectivity index (χ0) is 34.2. The van der Waals surface area contributed by atoms with Crippen molar-refractivity contribution in [1.82, 2.24) is 25.8 Å². The third-order valence-electron chi connectivity index (χ3n) is 8.43. The van der Waals surface area contributed by atoms with E-state index in [1.54, 1.807) is 20.8 Å². The molecule has 16 heteroatoms. The number of methoxy groups -OCH3 is 1. The fraction of sp³-hybridized carbons (Fsp3) is 0.355. The van der Waals surface area contributed by atoms with Crippen LogP contribution in [0, 0.1) is 17.0 Å². The lowest BCUT2D eigenvalue weighted by Gasteiger charge is -2.29. The van der Waals surface area contributed by atoms with Crippen LogP contribution >= 0.6 is 0 Å². The van der Waals surface area contributed by atoms with Crippen LogP contribution in [0.1, 0.15) is 54.9 Å². The smallest absolute Gasteiger partial charge is 0.328 e. The lowest BCUT2D eigenvalue weighted by atomic mass is 9.90. The van der Waals surface area contributed by atoms with E-state index in [0.717, 1.165) is 11.0 Å². The summed E-state index contributed by atoms with van der Waals surface area (Å²) in [5.74, 6) is -5.48. The number of carbonyl (C=O) groups excluding carboxylic acids is 6. The third kappa shape index (κ3) is 4.82. The van der Waals surface area contributed by atoms with Crippen molar-refractivity contribution in [2.75, 3.05) is 20.4 Å². The molecule has 3 aliphatic heterocycles. The second kappa shape index (κ2) is 10.5. The highest BCUT2D eigenvalue weighted by Gasteiger charge is 2.57. The fourth-order valence-electron chi connectivity index (χ4n) is 5.79. The number of nitrogens with one attached hydrogen (secondary N) is 3. The van der Waals surface area contributed by atoms with Crippen LogP contribution in [0.3, 0.4) is 0 Å². The van der Waals surface area contributed by atoms with E-state index >= 15 is 8.78 Å². The Kier molecular flexibility index (Phi) is 7.02. The van der Waals surface area contributed by atoms with Crippen LogP contribution in [0.5, 0.6) is 5.75 Å². The van der Waals surface area contributed by atoms with Crippen molar-refractivity contribution < 1.29 is 51.4 Å². The Bertz CT molecular complexity index is 1940. The van der Waals surface area contributed by atoms with Gasteiger partial charge in [0.25, 0.3) is 17.7 Å². The van der Waals surface area contributed by atoms with Gasteiger partial charge in [0.1, 0.15) is 22.7 Å². The molecule has 2 fully saturated rings. The molecule has 14 nitrogen and oxygen atoms in total. The van der Waals surface area contributed by atoms with Crippen LogP contribution in [0.2, 0.25) is 0 Å². The Morgan fingerprint density at radius 2 is 1.79 bits per heavy atom. The maximum atomic E-state index is 15.4. The van der Waals surface area contributed by atoms with Gasteiger partial charge in [-0.1, -0.05) is 6.07 Å². The number of esters is 1. The van der Waals surface area contributed by atoms with Crippen LogP contribution in [0.4, 0.5) is 18.4 Å². The normalized spacial score (nSPS) is 22.5. The molecule has 0 unspecified atom stereocenters. The van der Waals surface area contributed by atoms with Crippen molar-refractivity contribution in [3.8, 4) is 5.75 Å². The van der Waals surface area contributed by atoms with Crippen molar-refractivity contribution >= 4 is 46.7 Å². The monoisotopic (exact) mass is 653 g/mol. The minimum absolute atomic E-state index is 0.0968. The molecular weight excluding hydrogens is 624 g/mol. The van der Waals surface area contributed by atoms with Gasteiger partial charge < -0.3 is 29.4 Å². The lowest BCUT2D eigenvalue weighted by Crippen LogP contribution is -2.52. The summed E-state index contributed by atoms with van der Waals surface area (Å²) in [7, 11) is 1.24. The number of imide groups is 2. The van der Waals surface area contributed by atoms with Gasteiger partial charge in [-0.25, -0.2) is 23.3 Å². The summed E-state index contributed by atoms with van der Waals surface area (Å²) in [5.41, 5.74) is -5.15. The van der Waals surface area contributed by atoms with Gasteiger partial charge in [0, 0.05) is 23.6 Å². The maximum absolute atomic E-state index is 15.4. The second-order valence-electron chi connectivity index (χ2n) is 12.7. The van der Waals surface area contributed by atoms with E-state index in [1.807, 2.05) is 0 Å². The number of ether oxygens (including phenoxy) is 2. The van der Waals surface area contributed by atoms with Gasteiger partial charge in [-0.05, 0) is 51.5 Å². The van der Waals surface area contributed by atoms with E-state index in [-0.39, 0.29) is 40.2 Å². The van der Waals surface area contributed by atoms with Crippen LogP contribution < -0.4 is 20.7 Å². The number of halogens is 2. The van der Waals surface area contributed by atoms with Crippen molar-refractivity contribution in [3.05, 3.63) is 64.4 Å². The first-order valence-electron chi connectivity index (χ1n) is 14.3. The van der Waals surface area contributed by atoms with Crippen LogP contribution in [-0.4, -0.2) is 65.9 Å². The van der Waals surface area contributed by atoms with Gasteiger partial charge in [-0.15, -0.1) is 0 Å². The minimum Gasteiger partial charge on any atom is -0.494 e. The molecule has 3 aliphatic rings. The van der Waals surface area contributed by atoms with Gasteiger partial charge in [0.2, 0.25) is 0 Å². The Morgan fingerprint density at radius 1 is 1.06 bits per heavy atom. The van der Waals surface area contributed by atoms with E-state index in [2.05, 4.69) is 16.0 Å². The van der Waals surface area contributed by atoms with Gasteiger partial charge in [0.05, 0.1) is 24.6 Å². The zero-order valence-electron chi connectivity index (χ0n) is 25.8. The van der Waals surface area contributed by atoms with E-state index in [0.29, 0.717) is 10.5 Å². The van der Waals surface area contributed by atoms with Crippen molar-refractivity contribution in [2.45, 2.75) is 45.3 Å². The molecule has 0 radical (unpaired) electrons. The Morgan fingerprint density at radius 3 is 2.43 bits per heavy atom. The predicted octanol–water partition coefficient (Wildman–Crippen LogP) is 2.72. The number of hydrogen-bond acceptors (Lipinski definition) is 9. The highest BCUT2D eigenvalue weighted by Crippen LogP contribution is 2.39. The highest BCUT2D eigenvalue weighted by molar-refractivity contribution is 6.09. The summed E-state index contributed by atoms with van der Waals surface area (Å²) in [6.45, 7) is 4.57. The van der Waals surface area contributed by atoms with Gasteiger partial charge in [-0.2, -0.15) is 0 Å². The van der Waals surface area contributed by atoms with Crippen LogP contribution in [0.15, 0.2) is 34.7 Å². The summed E-state index contributed by atoms with van der Waals surface area (Å²) < 4.78 is 46.7. The standard InChI is InChI=1S/C31H29F2N5O9/c1-29(2,3)26(42)46-13-38-25(41)31(36-28(38)44,12-37-11-14-6-7-18(45-5)22(33)21(14)23(37)39)20-9-15-8-16(17(32)10-19(15)47-20)30(4)24(40)34-27(43)35-30/h6-10H,11-13H2,1-5H3,(H,36,44)(H2,34,35,40,43)/t30-,31+/m1/s1. The largest absolute Gasteiger partial charge is 0.494 e. The number of urea groups is 2. The molecule has 2 atom stereocenters. The molecule has 4 heterocycles. The quantitative estimate of drug-likeness (QED) is 0.256. The molecule has 0 aliphatic carbocycles. The van der Waals surface area contributed by atoms with E-state index in [4.69, 9.17) is 13.9 Å². The minimum atomic E-state index is -2.15. The molecule has 1 aromatic heterocycles. The van der Waals surface area contributed by atoms with Gasteiger partial charge in [-0.3, -0.25) is 24.5 Å². The highest BCUT2D eigenvalue weighted by atomic mass is 19.1. The summed E-state index contributed by atoms with van der Waals surface area (Å²) >= 11 is 0. The number of amides is 7. The van der Waals surface area contributed by atoms with Crippen LogP contribution in [-0.2, 0) is 36.7 Å². The SMILES string of the molecule is COc1ccc2c(c1F)C(=O)N(C[C@@]1(c3cc4cc([C@@]5(C)NC(=O)NC5=O)c(F)cc4o3)NC(=O)N(COC(=O)C(C)(C)C)C1=O)C2. The molecule has 6 rings (SSSR count). The van der Waals surface area contributed by atoms with Gasteiger partial charge >= 0.3 is 18.0 Å². The van der Waals surface area contributed by atoms with E-state index in [9.17, 15) is 28.8 Å². The molecular formula is C31H29F2N5O9. The Balaban J connectivity index is 1.42. The summed E-state index contributed by atoms with van der Waals surface area (Å²) in [5, 5.41) is 7.17. The molecule has 3 N–H and O–H groups in total. The van der Waals surface area contributed by atoms with E-state index < -0.39 is 77.2 Å². The molecule has 0 bridgehead atoms. The maximum Gasteiger partial charge on any atom is 0.328 e. The zero-order valence-corrected chi connectivity index (χ0v) is 25.8. The van der Waals surface area contributed by atoms with Crippen molar-refractivity contribution in [1.29, 1.82) is 0 Å². The number of carbonyl (C=O) groups is 6. The summed E-state index contributed by atoms with van der Waals surface area (Å²) in [6.07, 6.45) is 0. The predicted molar refractivity (Wildman–Crippen MR) is 155 cm³/mol. The summed E-state index contributed by atoms with van der Waals surface area (Å²) in [4.78, 5) is 79.6. The number of rotatable bonds is 7. The lowest BCUT2D eigenvalue weighted by molar-refractivity contribution is -0.158. The first kappa shape index (κ1) is 31.4. The van der Waals surface area contributed by atoms with Crippen molar-refractivity contribution in [3.63, 3.8) is 0 Å². The molecule has 2 saturated heterocycles. The molecule has 47 heavy (non-hydrogen) atoms. The van der Waals surface area contributed by atoms with Gasteiger partial charge in [0.15, 0.2) is 23.8 Å². The molecule has 2 aromatic carbocycles. The fourth-order valence-corrected chi connectivity index (χ4v) is 5.79. The van der Waals surface area contributed by atoms with E-state index in [1.165, 1.54) is 38.3 Å². The average molecular weight is 654 g/mol. The average Bonchev–Trinajstić information content (AvgIpc) is 3.69. The topological polar surface area (TPSA) is 177 Å². The molecule has 0 spiro atoms. The number of benzene rings is 2. The number of furan rings is 1. The number of hydrogen-bond donors (Lipinski definition) is 3. The van der Waals surface area contributed by atoms with Crippen LogP contribution in [0.25, 0.3) is 11.0 Å². The Labute approximate surface area is 265 Å². The van der Waals surface area contributed by atoms with Crippen molar-refractivity contribution in [2.24, 2.45) is 5.41 Å². The molecule has 3 aromatic rings. The molecule has 7 amide bonds. The number of fused-ring (bicyclic) bond motifs is 2.